The molecule has 0 aliphatic heterocycles. The molecular formula is C19H23N3O2S. The van der Waals surface area contributed by atoms with E-state index < -0.39 is 6.10 Å². The zero-order valence-electron chi connectivity index (χ0n) is 14.6. The summed E-state index contributed by atoms with van der Waals surface area (Å²) in [5.74, 6) is 0. The summed E-state index contributed by atoms with van der Waals surface area (Å²) in [6.07, 6.45) is 1.81. The summed E-state index contributed by atoms with van der Waals surface area (Å²) in [6.45, 7) is 3.56. The lowest BCUT2D eigenvalue weighted by molar-refractivity contribution is 0.106. The molecule has 25 heavy (non-hydrogen) atoms. The normalized spacial score (nSPS) is 12.8. The van der Waals surface area contributed by atoms with Gasteiger partial charge in [-0.05, 0) is 25.1 Å². The number of hydrogen-bond donors (Lipinski definition) is 1. The Labute approximate surface area is 151 Å². The van der Waals surface area contributed by atoms with E-state index in [1.165, 1.54) is 10.1 Å². The molecule has 0 aliphatic rings. The molecule has 3 rings (SSSR count). The lowest BCUT2D eigenvalue weighted by atomic mass is 10.2. The third-order valence-corrected chi connectivity index (χ3v) is 5.33. The van der Waals surface area contributed by atoms with Crippen LogP contribution in [0.25, 0.3) is 10.2 Å². The van der Waals surface area contributed by atoms with Crippen molar-refractivity contribution in [2.45, 2.75) is 32.5 Å². The smallest absolute Gasteiger partial charge is 0.262 e. The molecule has 1 unspecified atom stereocenters. The third kappa shape index (κ3) is 4.34. The van der Waals surface area contributed by atoms with E-state index in [1.54, 1.807) is 17.7 Å². The van der Waals surface area contributed by atoms with E-state index in [4.69, 9.17) is 0 Å². The highest BCUT2D eigenvalue weighted by atomic mass is 32.1. The maximum absolute atomic E-state index is 12.6. The molecule has 3 aromatic rings. The minimum Gasteiger partial charge on any atom is -0.390 e. The first kappa shape index (κ1) is 17.8. The summed E-state index contributed by atoms with van der Waals surface area (Å²) < 4.78 is 1.51. The third-order valence-electron chi connectivity index (χ3n) is 4.14. The van der Waals surface area contributed by atoms with Crippen LogP contribution in [-0.2, 0) is 19.5 Å². The summed E-state index contributed by atoms with van der Waals surface area (Å²) in [7, 11) is 1.97. The number of aliphatic hydroxyl groups excluding tert-OH is 1. The van der Waals surface area contributed by atoms with Crippen LogP contribution < -0.4 is 5.56 Å². The van der Waals surface area contributed by atoms with Crippen molar-refractivity contribution < 1.29 is 5.11 Å². The summed E-state index contributed by atoms with van der Waals surface area (Å²) >= 11 is 1.56. The predicted octanol–water partition coefficient (Wildman–Crippen LogP) is 2.51. The average molecular weight is 357 g/mol. The Kier molecular flexibility index (Phi) is 5.63. The van der Waals surface area contributed by atoms with E-state index in [9.17, 15) is 9.90 Å². The largest absolute Gasteiger partial charge is 0.390 e. The Morgan fingerprint density at radius 3 is 2.80 bits per heavy atom. The van der Waals surface area contributed by atoms with Gasteiger partial charge < -0.3 is 5.11 Å². The highest BCUT2D eigenvalue weighted by molar-refractivity contribution is 7.18. The van der Waals surface area contributed by atoms with Gasteiger partial charge in [0.2, 0.25) is 0 Å². The molecule has 0 saturated carbocycles. The molecule has 2 aromatic heterocycles. The minimum atomic E-state index is -0.630. The first-order chi connectivity index (χ1) is 12.1. The fourth-order valence-corrected chi connectivity index (χ4v) is 3.84. The lowest BCUT2D eigenvalue weighted by Gasteiger charge is -2.21. The summed E-state index contributed by atoms with van der Waals surface area (Å²) in [6, 6.07) is 12.0. The van der Waals surface area contributed by atoms with Crippen molar-refractivity contribution in [1.82, 2.24) is 14.5 Å². The van der Waals surface area contributed by atoms with Crippen LogP contribution in [0.3, 0.4) is 0 Å². The van der Waals surface area contributed by atoms with E-state index in [0.29, 0.717) is 11.9 Å². The number of aliphatic hydroxyl groups is 1. The first-order valence-electron chi connectivity index (χ1n) is 8.45. The van der Waals surface area contributed by atoms with Crippen LogP contribution in [0.2, 0.25) is 0 Å². The second kappa shape index (κ2) is 7.91. The molecule has 132 valence electrons. The summed E-state index contributed by atoms with van der Waals surface area (Å²) in [5, 5.41) is 11.0. The molecule has 0 spiro atoms. The first-order valence-corrected chi connectivity index (χ1v) is 9.27. The molecule has 1 atom stereocenters. The van der Waals surface area contributed by atoms with Gasteiger partial charge in [0.15, 0.2) is 0 Å². The van der Waals surface area contributed by atoms with Gasteiger partial charge in [0, 0.05) is 18.0 Å². The van der Waals surface area contributed by atoms with Crippen molar-refractivity contribution in [3.05, 3.63) is 63.5 Å². The molecule has 1 N–H and O–H groups in total. The second-order valence-corrected chi connectivity index (χ2v) is 7.44. The molecule has 0 radical (unpaired) electrons. The van der Waals surface area contributed by atoms with Gasteiger partial charge in [0.1, 0.15) is 4.83 Å². The van der Waals surface area contributed by atoms with Crippen LogP contribution in [0.1, 0.15) is 17.4 Å². The number of fused-ring (bicyclic) bond motifs is 1. The number of aryl methyl sites for hydroxylation is 1. The van der Waals surface area contributed by atoms with Crippen molar-refractivity contribution in [2.24, 2.45) is 0 Å². The molecule has 0 bridgehead atoms. The SMILES string of the molecule is CCc1cc2c(=O)n(CC(O)CN(C)Cc3ccccc3)cnc2s1. The zero-order chi connectivity index (χ0) is 17.8. The molecule has 6 heteroatoms. The fourth-order valence-electron chi connectivity index (χ4n) is 2.92. The van der Waals surface area contributed by atoms with E-state index >= 15 is 0 Å². The summed E-state index contributed by atoms with van der Waals surface area (Å²) in [5.41, 5.74) is 1.12. The molecule has 1 aromatic carbocycles. The number of likely N-dealkylation sites (N-methyl/N-ethyl adjacent to an activating group) is 1. The Balaban J connectivity index is 1.66. The summed E-state index contributed by atoms with van der Waals surface area (Å²) in [4.78, 5) is 20.9. The second-order valence-electron chi connectivity index (χ2n) is 6.32. The predicted molar refractivity (Wildman–Crippen MR) is 102 cm³/mol. The Bertz CT molecular complexity index is 889. The standard InChI is InChI=1S/C19H23N3O2S/c1-3-16-9-17-18(25-16)20-13-22(19(17)24)12-15(23)11-21(2)10-14-7-5-4-6-8-14/h4-9,13,15,23H,3,10-12H2,1-2H3. The molecule has 0 aliphatic carbocycles. The Morgan fingerprint density at radius 1 is 1.32 bits per heavy atom. The minimum absolute atomic E-state index is 0.0780. The van der Waals surface area contributed by atoms with Gasteiger partial charge in [-0.2, -0.15) is 0 Å². The van der Waals surface area contributed by atoms with Gasteiger partial charge in [-0.25, -0.2) is 4.98 Å². The number of rotatable bonds is 7. The van der Waals surface area contributed by atoms with Crippen LogP contribution in [-0.4, -0.2) is 39.3 Å². The van der Waals surface area contributed by atoms with Gasteiger partial charge in [-0.3, -0.25) is 14.3 Å². The Hall–Kier alpha value is -2.02. The van der Waals surface area contributed by atoms with Crippen molar-refractivity contribution in [3.8, 4) is 0 Å². The van der Waals surface area contributed by atoms with E-state index in [0.717, 1.165) is 22.7 Å². The van der Waals surface area contributed by atoms with Gasteiger partial charge in [-0.15, -0.1) is 11.3 Å². The molecule has 5 nitrogen and oxygen atoms in total. The fraction of sp³-hybridized carbons (Fsp3) is 0.368. The zero-order valence-corrected chi connectivity index (χ0v) is 15.4. The average Bonchev–Trinajstić information content (AvgIpc) is 3.02. The highest BCUT2D eigenvalue weighted by Crippen LogP contribution is 2.21. The monoisotopic (exact) mass is 357 g/mol. The number of benzene rings is 1. The van der Waals surface area contributed by atoms with Crippen LogP contribution in [0.15, 0.2) is 47.5 Å². The van der Waals surface area contributed by atoms with Gasteiger partial charge in [0.25, 0.3) is 5.56 Å². The number of hydrogen-bond acceptors (Lipinski definition) is 5. The quantitative estimate of drug-likeness (QED) is 0.706. The lowest BCUT2D eigenvalue weighted by Crippen LogP contribution is -2.34. The van der Waals surface area contributed by atoms with Crippen LogP contribution in [0.4, 0.5) is 0 Å². The highest BCUT2D eigenvalue weighted by Gasteiger charge is 2.13. The van der Waals surface area contributed by atoms with Crippen molar-refractivity contribution >= 4 is 21.6 Å². The number of thiophene rings is 1. The molecule has 0 fully saturated rings. The van der Waals surface area contributed by atoms with Gasteiger partial charge >= 0.3 is 0 Å². The van der Waals surface area contributed by atoms with Crippen molar-refractivity contribution in [3.63, 3.8) is 0 Å². The van der Waals surface area contributed by atoms with E-state index in [-0.39, 0.29) is 12.1 Å². The maximum Gasteiger partial charge on any atom is 0.262 e. The van der Waals surface area contributed by atoms with Crippen LogP contribution >= 0.6 is 11.3 Å². The topological polar surface area (TPSA) is 58.4 Å². The van der Waals surface area contributed by atoms with E-state index in [1.807, 2.05) is 31.3 Å². The molecule has 0 amide bonds. The van der Waals surface area contributed by atoms with Crippen molar-refractivity contribution in [2.75, 3.05) is 13.6 Å². The Morgan fingerprint density at radius 2 is 2.08 bits per heavy atom. The number of nitrogens with zero attached hydrogens (tertiary/aromatic N) is 3. The van der Waals surface area contributed by atoms with Crippen molar-refractivity contribution in [1.29, 1.82) is 0 Å². The molecular weight excluding hydrogens is 334 g/mol. The van der Waals surface area contributed by atoms with Gasteiger partial charge in [0.05, 0.1) is 24.4 Å². The van der Waals surface area contributed by atoms with E-state index in [2.05, 4.69) is 28.9 Å². The van der Waals surface area contributed by atoms with Gasteiger partial charge in [-0.1, -0.05) is 37.3 Å². The number of aromatic nitrogens is 2. The molecule has 2 heterocycles. The molecule has 0 saturated heterocycles. The maximum atomic E-state index is 12.6. The van der Waals surface area contributed by atoms with Crippen LogP contribution in [0, 0.1) is 0 Å². The van der Waals surface area contributed by atoms with Crippen LogP contribution in [0.5, 0.6) is 0 Å².